The Labute approximate surface area is 124 Å². The maximum absolute atomic E-state index is 3.77. The molecule has 0 bridgehead atoms. The van der Waals surface area contributed by atoms with Gasteiger partial charge in [0.1, 0.15) is 0 Å². The Bertz CT molecular complexity index is 420. The second-order valence-electron chi connectivity index (χ2n) is 6.66. The predicted molar refractivity (Wildman–Crippen MR) is 87.2 cm³/mol. The number of aryl methyl sites for hydroxylation is 3. The van der Waals surface area contributed by atoms with Gasteiger partial charge in [0.2, 0.25) is 0 Å². The molecular formula is C18H30N2. The molecule has 0 aliphatic carbocycles. The largest absolute Gasteiger partial charge is 0.310 e. The molecule has 0 radical (unpaired) electrons. The SMILES string of the molecule is Cc1cc(C)c(CNC2CCN(C(C)C)CC2)c(C)c1. The summed E-state index contributed by atoms with van der Waals surface area (Å²) in [4.78, 5) is 2.58. The van der Waals surface area contributed by atoms with E-state index in [0.29, 0.717) is 12.1 Å². The van der Waals surface area contributed by atoms with Gasteiger partial charge in [-0.05, 0) is 77.2 Å². The van der Waals surface area contributed by atoms with E-state index in [2.05, 4.69) is 57.0 Å². The molecule has 1 aromatic rings. The van der Waals surface area contributed by atoms with Crippen LogP contribution in [0.3, 0.4) is 0 Å². The Hall–Kier alpha value is -0.860. The molecule has 0 atom stereocenters. The number of nitrogens with zero attached hydrogens (tertiary/aromatic N) is 1. The zero-order valence-corrected chi connectivity index (χ0v) is 13.8. The molecule has 20 heavy (non-hydrogen) atoms. The molecule has 1 heterocycles. The summed E-state index contributed by atoms with van der Waals surface area (Å²) in [6.07, 6.45) is 2.56. The topological polar surface area (TPSA) is 15.3 Å². The van der Waals surface area contributed by atoms with Gasteiger partial charge in [0.15, 0.2) is 0 Å². The molecule has 2 heteroatoms. The number of likely N-dealkylation sites (tertiary alicyclic amines) is 1. The molecule has 0 aromatic heterocycles. The van der Waals surface area contributed by atoms with E-state index >= 15 is 0 Å². The molecule has 112 valence electrons. The van der Waals surface area contributed by atoms with Crippen molar-refractivity contribution in [1.29, 1.82) is 0 Å². The zero-order valence-electron chi connectivity index (χ0n) is 13.8. The Morgan fingerprint density at radius 3 is 2.15 bits per heavy atom. The van der Waals surface area contributed by atoms with E-state index < -0.39 is 0 Å². The van der Waals surface area contributed by atoms with Crippen LogP contribution >= 0.6 is 0 Å². The molecule has 2 rings (SSSR count). The van der Waals surface area contributed by atoms with E-state index in [1.54, 1.807) is 0 Å². The lowest BCUT2D eigenvalue weighted by atomic mass is 9.98. The Morgan fingerprint density at radius 1 is 1.10 bits per heavy atom. The highest BCUT2D eigenvalue weighted by Crippen LogP contribution is 2.18. The molecule has 1 fully saturated rings. The van der Waals surface area contributed by atoms with Gasteiger partial charge in [-0.25, -0.2) is 0 Å². The van der Waals surface area contributed by atoms with Crippen molar-refractivity contribution in [2.24, 2.45) is 0 Å². The first-order valence-corrected chi connectivity index (χ1v) is 8.01. The third-order valence-electron chi connectivity index (χ3n) is 4.67. The minimum absolute atomic E-state index is 0.685. The molecular weight excluding hydrogens is 244 g/mol. The lowest BCUT2D eigenvalue weighted by Crippen LogP contribution is -2.44. The van der Waals surface area contributed by atoms with E-state index in [9.17, 15) is 0 Å². The highest BCUT2D eigenvalue weighted by atomic mass is 15.2. The smallest absolute Gasteiger partial charge is 0.0213 e. The summed E-state index contributed by atoms with van der Waals surface area (Å²) in [5.41, 5.74) is 5.71. The molecule has 0 spiro atoms. The first kappa shape index (κ1) is 15.5. The summed E-state index contributed by atoms with van der Waals surface area (Å²) in [5, 5.41) is 3.77. The van der Waals surface area contributed by atoms with Gasteiger partial charge in [-0.3, -0.25) is 0 Å². The molecule has 0 amide bonds. The fourth-order valence-electron chi connectivity index (χ4n) is 3.36. The van der Waals surface area contributed by atoms with Crippen LogP contribution in [-0.2, 0) is 6.54 Å². The minimum Gasteiger partial charge on any atom is -0.310 e. The Morgan fingerprint density at radius 2 is 1.65 bits per heavy atom. The average Bonchev–Trinajstić information content (AvgIpc) is 2.38. The molecule has 1 aromatic carbocycles. The summed E-state index contributed by atoms with van der Waals surface area (Å²) in [5.74, 6) is 0. The van der Waals surface area contributed by atoms with Gasteiger partial charge in [0.05, 0.1) is 0 Å². The van der Waals surface area contributed by atoms with E-state index in [-0.39, 0.29) is 0 Å². The second-order valence-corrected chi connectivity index (χ2v) is 6.66. The van der Waals surface area contributed by atoms with Gasteiger partial charge in [-0.1, -0.05) is 17.7 Å². The number of hydrogen-bond donors (Lipinski definition) is 1. The minimum atomic E-state index is 0.685. The first-order valence-electron chi connectivity index (χ1n) is 8.01. The van der Waals surface area contributed by atoms with Crippen molar-refractivity contribution >= 4 is 0 Å². The summed E-state index contributed by atoms with van der Waals surface area (Å²) in [7, 11) is 0. The number of rotatable bonds is 4. The van der Waals surface area contributed by atoms with Gasteiger partial charge in [-0.15, -0.1) is 0 Å². The van der Waals surface area contributed by atoms with Gasteiger partial charge < -0.3 is 10.2 Å². The second kappa shape index (κ2) is 6.73. The molecule has 0 unspecified atom stereocenters. The van der Waals surface area contributed by atoms with Crippen LogP contribution in [0.1, 0.15) is 48.9 Å². The Kier molecular flexibility index (Phi) is 5.22. The van der Waals surface area contributed by atoms with Crippen LogP contribution in [-0.4, -0.2) is 30.1 Å². The van der Waals surface area contributed by atoms with Crippen molar-refractivity contribution in [3.05, 3.63) is 34.4 Å². The molecule has 0 saturated carbocycles. The monoisotopic (exact) mass is 274 g/mol. The predicted octanol–water partition coefficient (Wildman–Crippen LogP) is 3.57. The van der Waals surface area contributed by atoms with Crippen LogP contribution in [0.15, 0.2) is 12.1 Å². The molecule has 2 nitrogen and oxygen atoms in total. The van der Waals surface area contributed by atoms with Crippen molar-refractivity contribution in [2.75, 3.05) is 13.1 Å². The number of hydrogen-bond acceptors (Lipinski definition) is 2. The quantitative estimate of drug-likeness (QED) is 0.903. The lowest BCUT2D eigenvalue weighted by Gasteiger charge is -2.35. The van der Waals surface area contributed by atoms with Gasteiger partial charge in [0, 0.05) is 18.6 Å². The molecule has 1 aliphatic rings. The summed E-state index contributed by atoms with van der Waals surface area (Å²) < 4.78 is 0. The zero-order chi connectivity index (χ0) is 14.7. The van der Waals surface area contributed by atoms with Crippen molar-refractivity contribution in [1.82, 2.24) is 10.2 Å². The van der Waals surface area contributed by atoms with Crippen LogP contribution in [0.5, 0.6) is 0 Å². The molecule has 1 N–H and O–H groups in total. The van der Waals surface area contributed by atoms with Gasteiger partial charge in [0.25, 0.3) is 0 Å². The number of benzene rings is 1. The lowest BCUT2D eigenvalue weighted by molar-refractivity contribution is 0.161. The van der Waals surface area contributed by atoms with Crippen molar-refractivity contribution in [3.8, 4) is 0 Å². The number of nitrogens with one attached hydrogen (secondary N) is 1. The van der Waals surface area contributed by atoms with Crippen LogP contribution in [0, 0.1) is 20.8 Å². The fraction of sp³-hybridized carbons (Fsp3) is 0.667. The average molecular weight is 274 g/mol. The standard InChI is InChI=1S/C18H30N2/c1-13(2)20-8-6-17(7-9-20)19-12-18-15(4)10-14(3)11-16(18)5/h10-11,13,17,19H,6-9,12H2,1-5H3. The van der Waals surface area contributed by atoms with Crippen molar-refractivity contribution in [2.45, 2.75) is 66.1 Å². The van der Waals surface area contributed by atoms with Crippen LogP contribution in [0.4, 0.5) is 0 Å². The highest BCUT2D eigenvalue weighted by molar-refractivity contribution is 5.37. The maximum atomic E-state index is 3.77. The number of piperidine rings is 1. The van der Waals surface area contributed by atoms with E-state index in [0.717, 1.165) is 6.54 Å². The maximum Gasteiger partial charge on any atom is 0.0213 e. The first-order chi connectivity index (χ1) is 9.47. The van der Waals surface area contributed by atoms with E-state index in [1.807, 2.05) is 0 Å². The normalized spacial score (nSPS) is 17.9. The van der Waals surface area contributed by atoms with Crippen LogP contribution in [0.25, 0.3) is 0 Å². The Balaban J connectivity index is 1.88. The van der Waals surface area contributed by atoms with E-state index in [4.69, 9.17) is 0 Å². The van der Waals surface area contributed by atoms with Crippen molar-refractivity contribution in [3.63, 3.8) is 0 Å². The highest BCUT2D eigenvalue weighted by Gasteiger charge is 2.20. The van der Waals surface area contributed by atoms with Gasteiger partial charge >= 0.3 is 0 Å². The van der Waals surface area contributed by atoms with Crippen LogP contribution < -0.4 is 5.32 Å². The fourth-order valence-corrected chi connectivity index (χ4v) is 3.36. The molecule has 1 saturated heterocycles. The van der Waals surface area contributed by atoms with Crippen LogP contribution in [0.2, 0.25) is 0 Å². The molecule has 1 aliphatic heterocycles. The van der Waals surface area contributed by atoms with Gasteiger partial charge in [-0.2, -0.15) is 0 Å². The van der Waals surface area contributed by atoms with Crippen molar-refractivity contribution < 1.29 is 0 Å². The third kappa shape index (κ3) is 3.83. The third-order valence-corrected chi connectivity index (χ3v) is 4.67. The summed E-state index contributed by atoms with van der Waals surface area (Å²) in [6.45, 7) is 14.7. The van der Waals surface area contributed by atoms with E-state index in [1.165, 1.54) is 48.2 Å². The summed E-state index contributed by atoms with van der Waals surface area (Å²) in [6, 6.07) is 5.97. The summed E-state index contributed by atoms with van der Waals surface area (Å²) >= 11 is 0.